The minimum Gasteiger partial charge on any atom is -0.469 e. The highest BCUT2D eigenvalue weighted by Crippen LogP contribution is 2.25. The van der Waals surface area contributed by atoms with E-state index in [4.69, 9.17) is 4.42 Å². The summed E-state index contributed by atoms with van der Waals surface area (Å²) in [6.45, 7) is 4.62. The highest BCUT2D eigenvalue weighted by Gasteiger charge is 2.17. The molecule has 7 nitrogen and oxygen atoms in total. The van der Waals surface area contributed by atoms with Crippen molar-refractivity contribution in [1.29, 1.82) is 0 Å². The van der Waals surface area contributed by atoms with Crippen LogP contribution in [-0.4, -0.2) is 31.8 Å². The molecule has 4 heterocycles. The van der Waals surface area contributed by atoms with E-state index in [1.54, 1.807) is 10.9 Å². The fraction of sp³-hybridized carbons (Fsp3) is 0.250. The van der Waals surface area contributed by atoms with Crippen molar-refractivity contribution in [3.8, 4) is 5.82 Å². The second-order valence-electron chi connectivity index (χ2n) is 6.53. The van der Waals surface area contributed by atoms with Crippen molar-refractivity contribution in [2.45, 2.75) is 26.8 Å². The van der Waals surface area contributed by atoms with Crippen molar-refractivity contribution in [2.24, 2.45) is 0 Å². The van der Waals surface area contributed by atoms with Crippen LogP contribution in [0.2, 0.25) is 0 Å². The average molecular weight is 363 g/mol. The first-order valence-electron chi connectivity index (χ1n) is 8.89. The molecule has 0 saturated heterocycles. The van der Waals surface area contributed by atoms with E-state index in [0.717, 1.165) is 33.9 Å². The highest BCUT2D eigenvalue weighted by molar-refractivity contribution is 5.88. The van der Waals surface area contributed by atoms with Crippen molar-refractivity contribution in [1.82, 2.24) is 24.6 Å². The average Bonchev–Trinajstić information content (AvgIpc) is 3.36. The van der Waals surface area contributed by atoms with Gasteiger partial charge in [0.15, 0.2) is 11.5 Å². The van der Waals surface area contributed by atoms with Gasteiger partial charge >= 0.3 is 0 Å². The summed E-state index contributed by atoms with van der Waals surface area (Å²) in [5.74, 6) is 1.53. The van der Waals surface area contributed by atoms with Gasteiger partial charge in [0.05, 0.1) is 11.6 Å². The first kappa shape index (κ1) is 17.1. The summed E-state index contributed by atoms with van der Waals surface area (Å²) < 4.78 is 8.90. The number of amides is 1. The molecule has 0 unspecified atom stereocenters. The Labute approximate surface area is 156 Å². The largest absolute Gasteiger partial charge is 0.469 e. The zero-order valence-electron chi connectivity index (χ0n) is 15.3. The Bertz CT molecular complexity index is 1060. The van der Waals surface area contributed by atoms with Gasteiger partial charge in [0.2, 0.25) is 5.91 Å². The van der Waals surface area contributed by atoms with Gasteiger partial charge in [-0.05, 0) is 49.7 Å². The van der Waals surface area contributed by atoms with Gasteiger partial charge in [-0.3, -0.25) is 4.79 Å². The Balaban J connectivity index is 1.58. The molecular formula is C20H21N5O2. The van der Waals surface area contributed by atoms with Gasteiger partial charge < -0.3 is 14.3 Å². The van der Waals surface area contributed by atoms with E-state index < -0.39 is 0 Å². The topological polar surface area (TPSA) is 77.9 Å². The number of carbonyl (C=O) groups is 1. The van der Waals surface area contributed by atoms with Crippen molar-refractivity contribution in [3.05, 3.63) is 66.0 Å². The van der Waals surface area contributed by atoms with Crippen LogP contribution in [-0.2, 0) is 17.8 Å². The van der Waals surface area contributed by atoms with E-state index in [0.29, 0.717) is 13.0 Å². The minimum absolute atomic E-state index is 0.106. The molecular weight excluding hydrogens is 342 g/mol. The van der Waals surface area contributed by atoms with Gasteiger partial charge in [-0.25, -0.2) is 9.67 Å². The van der Waals surface area contributed by atoms with E-state index in [1.807, 2.05) is 61.1 Å². The van der Waals surface area contributed by atoms with E-state index in [9.17, 15) is 4.79 Å². The third-order valence-corrected chi connectivity index (χ3v) is 4.43. The van der Waals surface area contributed by atoms with Gasteiger partial charge in [0, 0.05) is 31.1 Å². The van der Waals surface area contributed by atoms with Crippen molar-refractivity contribution in [2.75, 3.05) is 6.54 Å². The van der Waals surface area contributed by atoms with Crippen LogP contribution in [0.3, 0.4) is 0 Å². The normalized spacial score (nSPS) is 11.2. The lowest BCUT2D eigenvalue weighted by molar-refractivity contribution is -0.121. The van der Waals surface area contributed by atoms with Crippen LogP contribution in [0.4, 0.5) is 0 Å². The molecule has 0 radical (unpaired) electrons. The molecule has 4 rings (SSSR count). The molecule has 4 aromatic rings. The summed E-state index contributed by atoms with van der Waals surface area (Å²) in [7, 11) is 0. The van der Waals surface area contributed by atoms with Gasteiger partial charge in [-0.2, -0.15) is 5.10 Å². The Hall–Kier alpha value is -3.35. The fourth-order valence-electron chi connectivity index (χ4n) is 3.23. The molecule has 0 aliphatic heterocycles. The van der Waals surface area contributed by atoms with Crippen LogP contribution < -0.4 is 5.32 Å². The number of fused-ring (bicyclic) bond motifs is 1. The molecule has 0 saturated carbocycles. The Kier molecular flexibility index (Phi) is 4.50. The Morgan fingerprint density at radius 1 is 1.22 bits per heavy atom. The summed E-state index contributed by atoms with van der Waals surface area (Å²) >= 11 is 0. The third-order valence-electron chi connectivity index (χ3n) is 4.43. The lowest BCUT2D eigenvalue weighted by atomic mass is 10.2. The number of furan rings is 1. The standard InChI is InChI=1S/C20H21N5O2/c1-14-12-15(2)22-19-18(14)20(24-9-3-4-10-24)23-25(19)13-17(26)21-8-7-16-6-5-11-27-16/h3-6,9-12H,7-8,13H2,1-2H3,(H,21,26). The molecule has 0 spiro atoms. The van der Waals surface area contributed by atoms with Gasteiger partial charge in [0.25, 0.3) is 0 Å². The summed E-state index contributed by atoms with van der Waals surface area (Å²) in [5, 5.41) is 8.54. The molecule has 0 fully saturated rings. The van der Waals surface area contributed by atoms with Crippen molar-refractivity contribution >= 4 is 16.9 Å². The number of nitrogens with zero attached hydrogens (tertiary/aromatic N) is 4. The van der Waals surface area contributed by atoms with Crippen molar-refractivity contribution < 1.29 is 9.21 Å². The SMILES string of the molecule is Cc1cc(C)c2c(-n3cccc3)nn(CC(=O)NCCc3ccco3)c2n1. The number of nitrogens with one attached hydrogen (secondary N) is 1. The monoisotopic (exact) mass is 363 g/mol. The lowest BCUT2D eigenvalue weighted by Crippen LogP contribution is -2.29. The van der Waals surface area contributed by atoms with Crippen LogP contribution in [0.25, 0.3) is 16.9 Å². The van der Waals surface area contributed by atoms with Crippen LogP contribution in [0.15, 0.2) is 53.4 Å². The number of rotatable bonds is 6. The molecule has 0 aromatic carbocycles. The number of carbonyl (C=O) groups excluding carboxylic acids is 1. The predicted octanol–water partition coefficient (Wildman–Crippen LogP) is 2.79. The second-order valence-corrected chi connectivity index (χ2v) is 6.53. The van der Waals surface area contributed by atoms with Crippen LogP contribution >= 0.6 is 0 Å². The molecule has 1 amide bonds. The second kappa shape index (κ2) is 7.11. The molecule has 4 aromatic heterocycles. The fourth-order valence-corrected chi connectivity index (χ4v) is 3.23. The maximum Gasteiger partial charge on any atom is 0.241 e. The first-order valence-corrected chi connectivity index (χ1v) is 8.89. The molecule has 1 N–H and O–H groups in total. The number of hydrogen-bond donors (Lipinski definition) is 1. The summed E-state index contributed by atoms with van der Waals surface area (Å²) in [6.07, 6.45) is 6.17. The van der Waals surface area contributed by atoms with Gasteiger partial charge in [0.1, 0.15) is 12.3 Å². The zero-order chi connectivity index (χ0) is 18.8. The third kappa shape index (κ3) is 3.48. The molecule has 0 bridgehead atoms. The van der Waals surface area contributed by atoms with Gasteiger partial charge in [-0.1, -0.05) is 0 Å². The Morgan fingerprint density at radius 3 is 2.78 bits per heavy atom. The highest BCUT2D eigenvalue weighted by atomic mass is 16.3. The van der Waals surface area contributed by atoms with Crippen LogP contribution in [0.5, 0.6) is 0 Å². The number of pyridine rings is 1. The summed E-state index contributed by atoms with van der Waals surface area (Å²) in [5.41, 5.74) is 2.71. The minimum atomic E-state index is -0.106. The Morgan fingerprint density at radius 2 is 2.04 bits per heavy atom. The number of aromatic nitrogens is 4. The van der Waals surface area contributed by atoms with Gasteiger partial charge in [-0.15, -0.1) is 0 Å². The number of aryl methyl sites for hydroxylation is 2. The van der Waals surface area contributed by atoms with E-state index in [-0.39, 0.29) is 12.5 Å². The maximum absolute atomic E-state index is 12.4. The molecule has 7 heteroatoms. The van der Waals surface area contributed by atoms with E-state index in [1.165, 1.54) is 0 Å². The quantitative estimate of drug-likeness (QED) is 0.571. The molecule has 27 heavy (non-hydrogen) atoms. The molecule has 0 aliphatic carbocycles. The van der Waals surface area contributed by atoms with Crippen LogP contribution in [0, 0.1) is 13.8 Å². The zero-order valence-corrected chi connectivity index (χ0v) is 15.3. The smallest absolute Gasteiger partial charge is 0.241 e. The summed E-state index contributed by atoms with van der Waals surface area (Å²) in [6, 6.07) is 9.66. The van der Waals surface area contributed by atoms with E-state index >= 15 is 0 Å². The predicted molar refractivity (Wildman–Crippen MR) is 102 cm³/mol. The first-order chi connectivity index (χ1) is 13.1. The number of hydrogen-bond acceptors (Lipinski definition) is 4. The van der Waals surface area contributed by atoms with Crippen molar-refractivity contribution in [3.63, 3.8) is 0 Å². The van der Waals surface area contributed by atoms with Crippen LogP contribution in [0.1, 0.15) is 17.0 Å². The maximum atomic E-state index is 12.4. The lowest BCUT2D eigenvalue weighted by Gasteiger charge is -2.06. The molecule has 0 atom stereocenters. The summed E-state index contributed by atoms with van der Waals surface area (Å²) in [4.78, 5) is 17.0. The molecule has 138 valence electrons. The molecule has 0 aliphatic rings. The van der Waals surface area contributed by atoms with E-state index in [2.05, 4.69) is 15.4 Å².